The van der Waals surface area contributed by atoms with Gasteiger partial charge in [0.2, 0.25) is 11.8 Å². The fourth-order valence-electron chi connectivity index (χ4n) is 3.22. The number of nitrogens with zero attached hydrogens (tertiary/aromatic N) is 1. The summed E-state index contributed by atoms with van der Waals surface area (Å²) >= 11 is 4.28. The maximum Gasteiger partial charge on any atom is 0.408 e. The molecule has 0 spiro atoms. The lowest BCUT2D eigenvalue weighted by molar-refractivity contribution is -0.149. The van der Waals surface area contributed by atoms with Crippen LogP contribution < -0.4 is 10.6 Å². The first-order valence-corrected chi connectivity index (χ1v) is 11.8. The number of carbonyl (C=O) groups is 3. The number of aromatic hydroxyl groups is 1. The molecule has 8 nitrogen and oxygen atoms in total. The number of thiol groups is 1. The molecule has 0 saturated carbocycles. The highest BCUT2D eigenvalue weighted by Gasteiger charge is 2.43. The Balaban J connectivity index is 3.53. The van der Waals surface area contributed by atoms with E-state index in [-0.39, 0.29) is 23.5 Å². The van der Waals surface area contributed by atoms with Crippen molar-refractivity contribution in [1.82, 2.24) is 15.5 Å². The van der Waals surface area contributed by atoms with Crippen LogP contribution in [0.25, 0.3) is 0 Å². The van der Waals surface area contributed by atoms with Crippen LogP contribution in [0.3, 0.4) is 0 Å². The summed E-state index contributed by atoms with van der Waals surface area (Å²) in [5, 5.41) is 15.5. The molecule has 2 atom stereocenters. The van der Waals surface area contributed by atoms with E-state index in [4.69, 9.17) is 4.74 Å². The molecule has 0 aliphatic heterocycles. The van der Waals surface area contributed by atoms with Gasteiger partial charge in [-0.15, -0.1) is 0 Å². The fourth-order valence-corrected chi connectivity index (χ4v) is 3.47. The Labute approximate surface area is 202 Å². The molecule has 1 rings (SSSR count). The smallest absolute Gasteiger partial charge is 0.408 e. The van der Waals surface area contributed by atoms with E-state index in [0.717, 1.165) is 0 Å². The largest absolute Gasteiger partial charge is 0.508 e. The maximum absolute atomic E-state index is 13.8. The van der Waals surface area contributed by atoms with E-state index < -0.39 is 35.2 Å². The van der Waals surface area contributed by atoms with Gasteiger partial charge in [-0.05, 0) is 72.6 Å². The summed E-state index contributed by atoms with van der Waals surface area (Å²) in [7, 11) is 0. The van der Waals surface area contributed by atoms with Gasteiger partial charge in [0.15, 0.2) is 0 Å². The minimum atomic E-state index is -1.04. The number of ether oxygens (including phenoxy) is 1. The Bertz CT molecular complexity index is 836. The van der Waals surface area contributed by atoms with Crippen molar-refractivity contribution in [2.24, 2.45) is 0 Å². The average molecular weight is 482 g/mol. The van der Waals surface area contributed by atoms with Gasteiger partial charge in [0.25, 0.3) is 0 Å². The molecule has 0 aliphatic rings. The van der Waals surface area contributed by atoms with Crippen molar-refractivity contribution in [1.29, 1.82) is 0 Å². The molecular weight excluding hydrogens is 442 g/mol. The first kappa shape index (κ1) is 28.6. The summed E-state index contributed by atoms with van der Waals surface area (Å²) in [6, 6.07) is 4.04. The van der Waals surface area contributed by atoms with Crippen molar-refractivity contribution < 1.29 is 24.2 Å². The molecule has 1 aromatic carbocycles. The summed E-state index contributed by atoms with van der Waals surface area (Å²) in [5.41, 5.74) is -1.05. The predicted molar refractivity (Wildman–Crippen MR) is 132 cm³/mol. The Hall–Kier alpha value is -2.42. The Morgan fingerprint density at radius 2 is 1.73 bits per heavy atom. The van der Waals surface area contributed by atoms with Crippen LogP contribution in [0.15, 0.2) is 24.3 Å². The average Bonchev–Trinajstić information content (AvgIpc) is 2.67. The lowest BCUT2D eigenvalue weighted by atomic mass is 9.92. The number of alkyl carbamates (subject to hydrolysis) is 1. The second kappa shape index (κ2) is 11.6. The van der Waals surface area contributed by atoms with Gasteiger partial charge >= 0.3 is 6.09 Å². The Morgan fingerprint density at radius 3 is 2.18 bits per heavy atom. The van der Waals surface area contributed by atoms with Crippen molar-refractivity contribution in [2.45, 2.75) is 91.1 Å². The van der Waals surface area contributed by atoms with E-state index in [1.54, 1.807) is 32.9 Å². The van der Waals surface area contributed by atoms with Crippen molar-refractivity contribution in [3.8, 4) is 5.75 Å². The van der Waals surface area contributed by atoms with Crippen molar-refractivity contribution >= 4 is 30.5 Å². The third kappa shape index (κ3) is 8.46. The van der Waals surface area contributed by atoms with Crippen molar-refractivity contribution in [3.63, 3.8) is 0 Å². The highest BCUT2D eigenvalue weighted by atomic mass is 32.1. The lowest BCUT2D eigenvalue weighted by Crippen LogP contribution is -2.60. The zero-order valence-corrected chi connectivity index (χ0v) is 21.8. The van der Waals surface area contributed by atoms with Crippen LogP contribution in [0, 0.1) is 0 Å². The molecule has 0 heterocycles. The van der Waals surface area contributed by atoms with Gasteiger partial charge < -0.3 is 25.4 Å². The molecule has 1 aromatic rings. The van der Waals surface area contributed by atoms with E-state index in [9.17, 15) is 19.5 Å². The molecule has 2 unspecified atom stereocenters. The summed E-state index contributed by atoms with van der Waals surface area (Å²) in [6.45, 7) is 14.5. The quantitative estimate of drug-likeness (QED) is 0.401. The predicted octanol–water partition coefficient (Wildman–Crippen LogP) is 3.80. The van der Waals surface area contributed by atoms with Crippen LogP contribution in [0.4, 0.5) is 4.79 Å². The highest BCUT2D eigenvalue weighted by Crippen LogP contribution is 2.33. The first-order chi connectivity index (χ1) is 15.1. The van der Waals surface area contributed by atoms with Crippen LogP contribution in [-0.4, -0.2) is 56.9 Å². The number of hydrogen-bond acceptors (Lipinski definition) is 6. The third-order valence-electron chi connectivity index (χ3n) is 5.05. The second-order valence-corrected chi connectivity index (χ2v) is 10.3. The molecule has 0 radical (unpaired) electrons. The summed E-state index contributed by atoms with van der Waals surface area (Å²) in [5.74, 6) is -0.878. The van der Waals surface area contributed by atoms with Crippen LogP contribution in [-0.2, 0) is 14.3 Å². The third-order valence-corrected chi connectivity index (χ3v) is 5.42. The summed E-state index contributed by atoms with van der Waals surface area (Å²) < 4.78 is 5.31. The zero-order valence-electron chi connectivity index (χ0n) is 20.9. The number of rotatable bonds is 9. The van der Waals surface area contributed by atoms with Crippen LogP contribution in [0.2, 0.25) is 0 Å². The highest BCUT2D eigenvalue weighted by molar-refractivity contribution is 7.80. The lowest BCUT2D eigenvalue weighted by Gasteiger charge is -2.44. The van der Waals surface area contributed by atoms with E-state index >= 15 is 0 Å². The Kier molecular flexibility index (Phi) is 10.1. The van der Waals surface area contributed by atoms with Gasteiger partial charge in [0, 0.05) is 17.3 Å². The van der Waals surface area contributed by atoms with E-state index in [2.05, 4.69) is 23.3 Å². The molecule has 0 aromatic heterocycles. The molecule has 3 amide bonds. The fraction of sp³-hybridized carbons (Fsp3) is 0.625. The normalized spacial score (nSPS) is 13.8. The monoisotopic (exact) mass is 481 g/mol. The molecule has 33 heavy (non-hydrogen) atoms. The van der Waals surface area contributed by atoms with E-state index in [1.807, 2.05) is 34.6 Å². The number of nitrogens with one attached hydrogen (secondary N) is 2. The Morgan fingerprint density at radius 1 is 1.12 bits per heavy atom. The van der Waals surface area contributed by atoms with Gasteiger partial charge in [-0.2, -0.15) is 12.6 Å². The van der Waals surface area contributed by atoms with Crippen LogP contribution in [0.5, 0.6) is 5.75 Å². The molecule has 0 aliphatic carbocycles. The van der Waals surface area contributed by atoms with E-state index in [1.165, 1.54) is 17.0 Å². The van der Waals surface area contributed by atoms with Gasteiger partial charge in [0.05, 0.1) is 0 Å². The number of phenolic OH excluding ortho intramolecular Hbond substituents is 1. The minimum Gasteiger partial charge on any atom is -0.508 e. The van der Waals surface area contributed by atoms with Crippen LogP contribution >= 0.6 is 12.6 Å². The number of phenols is 1. The number of carbonyl (C=O) groups excluding carboxylic acids is 3. The molecule has 0 saturated heterocycles. The maximum atomic E-state index is 13.8. The zero-order chi connectivity index (χ0) is 25.6. The number of benzene rings is 1. The summed E-state index contributed by atoms with van der Waals surface area (Å²) in [4.78, 5) is 41.1. The van der Waals surface area contributed by atoms with Gasteiger partial charge in [0.1, 0.15) is 23.4 Å². The topological polar surface area (TPSA) is 108 Å². The van der Waals surface area contributed by atoms with Gasteiger partial charge in [-0.1, -0.05) is 19.1 Å². The number of amides is 3. The second-order valence-electron chi connectivity index (χ2n) is 9.92. The standard InChI is InChI=1S/C24H39N3O5S/c1-9-24(7,8)27(21(30)18(14-33)26-22(31)32-23(4,5)6)19(20(29)25-15(2)3)16-11-10-12-17(28)13-16/h10-13,15,18-19,28,33H,9,14H2,1-8H3,(H,25,29)(H,26,31). The SMILES string of the molecule is CCC(C)(C)N(C(=O)C(CS)NC(=O)OC(C)(C)C)C(C(=O)NC(C)C)c1cccc(O)c1. The van der Waals surface area contributed by atoms with Gasteiger partial charge in [-0.25, -0.2) is 4.79 Å². The minimum absolute atomic E-state index is 0.00687. The van der Waals surface area contributed by atoms with Crippen molar-refractivity contribution in [2.75, 3.05) is 5.75 Å². The molecule has 186 valence electrons. The molecule has 0 fully saturated rings. The summed E-state index contributed by atoms with van der Waals surface area (Å²) in [6.07, 6.45) is -0.209. The molecule has 9 heteroatoms. The first-order valence-electron chi connectivity index (χ1n) is 11.2. The van der Waals surface area contributed by atoms with Crippen molar-refractivity contribution in [3.05, 3.63) is 29.8 Å². The van der Waals surface area contributed by atoms with E-state index in [0.29, 0.717) is 12.0 Å². The molecule has 3 N–H and O–H groups in total. The van der Waals surface area contributed by atoms with Gasteiger partial charge in [-0.3, -0.25) is 9.59 Å². The number of hydrogen-bond donors (Lipinski definition) is 4. The van der Waals surface area contributed by atoms with Crippen LogP contribution in [0.1, 0.15) is 73.4 Å². The molecular formula is C24H39N3O5S. The molecule has 0 bridgehead atoms.